The highest BCUT2D eigenvalue weighted by Crippen LogP contribution is 2.25. The van der Waals surface area contributed by atoms with Crippen molar-refractivity contribution >= 4 is 5.91 Å². The van der Waals surface area contributed by atoms with Crippen LogP contribution in [0.3, 0.4) is 0 Å². The van der Waals surface area contributed by atoms with E-state index in [0.717, 1.165) is 6.54 Å². The Morgan fingerprint density at radius 3 is 2.78 bits per heavy atom. The fraction of sp³-hybridized carbons (Fsp3) is 0.389. The molecule has 0 unspecified atom stereocenters. The van der Waals surface area contributed by atoms with Gasteiger partial charge in [0.1, 0.15) is 17.3 Å². The second-order valence-corrected chi connectivity index (χ2v) is 5.51. The molecule has 0 aliphatic heterocycles. The lowest BCUT2D eigenvalue weighted by molar-refractivity contribution is -0.121. The minimum atomic E-state index is -0.316. The first kappa shape index (κ1) is 17.2. The Labute approximate surface area is 136 Å². The van der Waals surface area contributed by atoms with Crippen LogP contribution in [0, 0.1) is 5.82 Å². The molecule has 0 bridgehead atoms. The highest BCUT2D eigenvalue weighted by molar-refractivity contribution is 5.76. The van der Waals surface area contributed by atoms with E-state index in [1.54, 1.807) is 30.3 Å². The van der Waals surface area contributed by atoms with Crippen LogP contribution in [-0.4, -0.2) is 25.0 Å². The van der Waals surface area contributed by atoms with E-state index < -0.39 is 0 Å². The molecule has 1 atom stereocenters. The van der Waals surface area contributed by atoms with Gasteiger partial charge >= 0.3 is 0 Å². The highest BCUT2D eigenvalue weighted by Gasteiger charge is 2.10. The monoisotopic (exact) mass is 318 g/mol. The number of hydrogen-bond acceptors (Lipinski definition) is 3. The van der Waals surface area contributed by atoms with Crippen LogP contribution in [0.15, 0.2) is 40.8 Å². The normalized spacial score (nSPS) is 12.1. The maximum Gasteiger partial charge on any atom is 0.220 e. The van der Waals surface area contributed by atoms with Crippen LogP contribution in [0.2, 0.25) is 0 Å². The van der Waals surface area contributed by atoms with Crippen molar-refractivity contribution in [2.24, 2.45) is 0 Å². The van der Waals surface area contributed by atoms with Gasteiger partial charge in [-0.25, -0.2) is 4.39 Å². The smallest absolute Gasteiger partial charge is 0.220 e. The van der Waals surface area contributed by atoms with Crippen LogP contribution < -0.4 is 10.6 Å². The number of amides is 1. The van der Waals surface area contributed by atoms with Crippen LogP contribution in [0.5, 0.6) is 0 Å². The highest BCUT2D eigenvalue weighted by atomic mass is 19.1. The van der Waals surface area contributed by atoms with E-state index >= 15 is 0 Å². The molecule has 0 aliphatic rings. The molecule has 2 rings (SSSR count). The number of benzene rings is 1. The first-order valence-electron chi connectivity index (χ1n) is 7.93. The van der Waals surface area contributed by atoms with E-state index in [1.165, 1.54) is 6.07 Å². The third-order valence-electron chi connectivity index (χ3n) is 3.56. The molecule has 124 valence electrons. The van der Waals surface area contributed by atoms with Gasteiger partial charge < -0.3 is 15.1 Å². The predicted octanol–water partition coefficient (Wildman–Crippen LogP) is 3.13. The summed E-state index contributed by atoms with van der Waals surface area (Å²) >= 11 is 0. The summed E-state index contributed by atoms with van der Waals surface area (Å²) in [6.45, 7) is 5.53. The van der Waals surface area contributed by atoms with Crippen LogP contribution in [0.25, 0.3) is 11.3 Å². The summed E-state index contributed by atoms with van der Waals surface area (Å²) < 4.78 is 19.3. The number of nitrogens with one attached hydrogen (secondary N) is 2. The molecule has 0 spiro atoms. The number of furan rings is 1. The van der Waals surface area contributed by atoms with E-state index in [-0.39, 0.29) is 17.8 Å². The molecule has 0 aliphatic carbocycles. The van der Waals surface area contributed by atoms with Crippen LogP contribution in [0.4, 0.5) is 4.39 Å². The molecule has 23 heavy (non-hydrogen) atoms. The molecule has 1 heterocycles. The van der Waals surface area contributed by atoms with E-state index in [2.05, 4.69) is 10.6 Å². The zero-order valence-electron chi connectivity index (χ0n) is 13.6. The summed E-state index contributed by atoms with van der Waals surface area (Å²) in [7, 11) is 0. The SMILES string of the molecule is CCN[C@H](C)CNC(=O)CCc1ccc(-c2ccccc2F)o1. The van der Waals surface area contributed by atoms with Crippen molar-refractivity contribution in [2.75, 3.05) is 13.1 Å². The number of rotatable bonds is 8. The number of aryl methyl sites for hydroxylation is 1. The van der Waals surface area contributed by atoms with Crippen molar-refractivity contribution in [1.82, 2.24) is 10.6 Å². The lowest BCUT2D eigenvalue weighted by Gasteiger charge is -2.12. The molecule has 1 aromatic heterocycles. The lowest BCUT2D eigenvalue weighted by atomic mass is 10.1. The summed E-state index contributed by atoms with van der Waals surface area (Å²) in [5.41, 5.74) is 0.433. The van der Waals surface area contributed by atoms with Crippen molar-refractivity contribution in [1.29, 1.82) is 0 Å². The average molecular weight is 318 g/mol. The Balaban J connectivity index is 1.83. The van der Waals surface area contributed by atoms with Gasteiger partial charge in [0.05, 0.1) is 5.56 Å². The van der Waals surface area contributed by atoms with Gasteiger partial charge in [0.2, 0.25) is 5.91 Å². The number of carbonyl (C=O) groups is 1. The Bertz CT molecular complexity index is 639. The second-order valence-electron chi connectivity index (χ2n) is 5.51. The molecular weight excluding hydrogens is 295 g/mol. The van der Waals surface area contributed by atoms with Crippen molar-refractivity contribution in [3.63, 3.8) is 0 Å². The molecule has 0 saturated carbocycles. The quantitative estimate of drug-likeness (QED) is 0.786. The minimum absolute atomic E-state index is 0.0152. The summed E-state index contributed by atoms with van der Waals surface area (Å²) in [4.78, 5) is 11.8. The summed E-state index contributed by atoms with van der Waals surface area (Å²) in [6.07, 6.45) is 0.846. The number of likely N-dealkylation sites (N-methyl/N-ethyl adjacent to an activating group) is 1. The topological polar surface area (TPSA) is 54.3 Å². The van der Waals surface area contributed by atoms with E-state index in [0.29, 0.717) is 36.5 Å². The molecular formula is C18H23FN2O2. The fourth-order valence-corrected chi connectivity index (χ4v) is 2.33. The molecule has 2 N–H and O–H groups in total. The molecule has 2 aromatic rings. The molecule has 1 aromatic carbocycles. The van der Waals surface area contributed by atoms with Crippen LogP contribution in [0.1, 0.15) is 26.0 Å². The molecule has 1 amide bonds. The Morgan fingerprint density at radius 2 is 2.04 bits per heavy atom. The fourth-order valence-electron chi connectivity index (χ4n) is 2.33. The predicted molar refractivity (Wildman–Crippen MR) is 88.6 cm³/mol. The summed E-state index contributed by atoms with van der Waals surface area (Å²) in [5.74, 6) is 0.833. The Kier molecular flexibility index (Phi) is 6.35. The van der Waals surface area contributed by atoms with Crippen molar-refractivity contribution in [3.8, 4) is 11.3 Å². The van der Waals surface area contributed by atoms with Gasteiger partial charge in [-0.1, -0.05) is 19.1 Å². The zero-order chi connectivity index (χ0) is 16.7. The number of hydrogen-bond donors (Lipinski definition) is 2. The van der Waals surface area contributed by atoms with Crippen LogP contribution >= 0.6 is 0 Å². The Morgan fingerprint density at radius 1 is 1.26 bits per heavy atom. The second kappa shape index (κ2) is 8.48. The van der Waals surface area contributed by atoms with E-state index in [1.807, 2.05) is 13.8 Å². The molecule has 0 radical (unpaired) electrons. The van der Waals surface area contributed by atoms with Crippen LogP contribution in [-0.2, 0) is 11.2 Å². The number of carbonyl (C=O) groups excluding carboxylic acids is 1. The maximum atomic E-state index is 13.7. The van der Waals surface area contributed by atoms with Gasteiger partial charge in [0.15, 0.2) is 0 Å². The largest absolute Gasteiger partial charge is 0.461 e. The molecule has 5 heteroatoms. The standard InChI is InChI=1S/C18H23FN2O2/c1-3-20-13(2)12-21-18(22)11-9-14-8-10-17(23-14)15-6-4-5-7-16(15)19/h4-8,10,13,20H,3,9,11-12H2,1-2H3,(H,21,22)/t13-/m1/s1. The lowest BCUT2D eigenvalue weighted by Crippen LogP contribution is -2.38. The number of halogens is 1. The van der Waals surface area contributed by atoms with Crippen molar-refractivity contribution in [2.45, 2.75) is 32.7 Å². The van der Waals surface area contributed by atoms with Gasteiger partial charge in [-0.05, 0) is 37.7 Å². The van der Waals surface area contributed by atoms with Gasteiger partial charge in [0.25, 0.3) is 0 Å². The first-order chi connectivity index (χ1) is 11.1. The van der Waals surface area contributed by atoms with Gasteiger partial charge in [-0.3, -0.25) is 4.79 Å². The molecule has 0 saturated heterocycles. The zero-order valence-corrected chi connectivity index (χ0v) is 13.6. The first-order valence-corrected chi connectivity index (χ1v) is 7.93. The molecule has 4 nitrogen and oxygen atoms in total. The van der Waals surface area contributed by atoms with Crippen molar-refractivity contribution in [3.05, 3.63) is 48.0 Å². The molecule has 0 fully saturated rings. The summed E-state index contributed by atoms with van der Waals surface area (Å²) in [6, 6.07) is 10.2. The summed E-state index contributed by atoms with van der Waals surface area (Å²) in [5, 5.41) is 6.11. The van der Waals surface area contributed by atoms with E-state index in [9.17, 15) is 9.18 Å². The minimum Gasteiger partial charge on any atom is -0.461 e. The third kappa shape index (κ3) is 5.21. The maximum absolute atomic E-state index is 13.7. The van der Waals surface area contributed by atoms with Gasteiger partial charge in [0, 0.05) is 25.4 Å². The Hall–Kier alpha value is -2.14. The van der Waals surface area contributed by atoms with E-state index in [4.69, 9.17) is 4.42 Å². The average Bonchev–Trinajstić information content (AvgIpc) is 3.00. The third-order valence-corrected chi connectivity index (χ3v) is 3.56. The van der Waals surface area contributed by atoms with Gasteiger partial charge in [-0.15, -0.1) is 0 Å². The van der Waals surface area contributed by atoms with Crippen molar-refractivity contribution < 1.29 is 13.6 Å². The van der Waals surface area contributed by atoms with Gasteiger partial charge in [-0.2, -0.15) is 0 Å².